The molecule has 0 aliphatic rings. The lowest BCUT2D eigenvalue weighted by Gasteiger charge is -2.30. The molecule has 0 saturated heterocycles. The quantitative estimate of drug-likeness (QED) is 0.738. The summed E-state index contributed by atoms with van der Waals surface area (Å²) in [7, 11) is 1.74. The van der Waals surface area contributed by atoms with Gasteiger partial charge in [-0.25, -0.2) is 4.98 Å². The van der Waals surface area contributed by atoms with E-state index in [1.807, 2.05) is 0 Å². The van der Waals surface area contributed by atoms with Crippen LogP contribution in [0.5, 0.6) is 0 Å². The summed E-state index contributed by atoms with van der Waals surface area (Å²) in [6.45, 7) is 12.7. The van der Waals surface area contributed by atoms with Crippen molar-refractivity contribution < 1.29 is 4.74 Å². The van der Waals surface area contributed by atoms with Gasteiger partial charge in [-0.05, 0) is 25.2 Å². The summed E-state index contributed by atoms with van der Waals surface area (Å²) in [5, 5.41) is 7.01. The highest BCUT2D eigenvalue weighted by atomic mass is 32.1. The Morgan fingerprint density at radius 3 is 2.53 bits per heavy atom. The van der Waals surface area contributed by atoms with Crippen molar-refractivity contribution in [3.63, 3.8) is 0 Å². The van der Waals surface area contributed by atoms with Crippen LogP contribution in [0.15, 0.2) is 5.38 Å². The smallest absolute Gasteiger partial charge is 0.113 e. The maximum absolute atomic E-state index is 5.14. The van der Waals surface area contributed by atoms with Crippen molar-refractivity contribution >= 4 is 11.3 Å². The van der Waals surface area contributed by atoms with Crippen LogP contribution in [0, 0.1) is 5.92 Å². The van der Waals surface area contributed by atoms with E-state index in [0.29, 0.717) is 11.8 Å². The molecule has 0 fully saturated rings. The van der Waals surface area contributed by atoms with Crippen molar-refractivity contribution in [1.82, 2.24) is 10.3 Å². The van der Waals surface area contributed by atoms with Crippen LogP contribution in [-0.4, -0.2) is 25.2 Å². The van der Waals surface area contributed by atoms with Crippen molar-refractivity contribution in [3.05, 3.63) is 16.1 Å². The number of methoxy groups -OCH3 is 1. The molecular formula is C15H28N2OS. The van der Waals surface area contributed by atoms with Gasteiger partial charge in [0.15, 0.2) is 0 Å². The Kier molecular flexibility index (Phi) is 6.43. The predicted molar refractivity (Wildman–Crippen MR) is 82.9 cm³/mol. The lowest BCUT2D eigenvalue weighted by Crippen LogP contribution is -2.42. The fraction of sp³-hybridized carbons (Fsp3) is 0.800. The maximum Gasteiger partial charge on any atom is 0.113 e. The number of hydrogen-bond donors (Lipinski definition) is 1. The Labute approximate surface area is 121 Å². The molecule has 19 heavy (non-hydrogen) atoms. The zero-order valence-electron chi connectivity index (χ0n) is 13.1. The van der Waals surface area contributed by atoms with E-state index in [2.05, 4.69) is 45.3 Å². The van der Waals surface area contributed by atoms with Crippen LogP contribution in [0.3, 0.4) is 0 Å². The van der Waals surface area contributed by atoms with Crippen LogP contribution >= 0.6 is 11.3 Å². The molecule has 0 aliphatic heterocycles. The summed E-state index contributed by atoms with van der Waals surface area (Å²) < 4.78 is 5.14. The van der Waals surface area contributed by atoms with Gasteiger partial charge in [-0.3, -0.25) is 0 Å². The van der Waals surface area contributed by atoms with Crippen LogP contribution in [-0.2, 0) is 10.3 Å². The van der Waals surface area contributed by atoms with Crippen molar-refractivity contribution in [2.45, 2.75) is 52.5 Å². The first-order valence-electron chi connectivity index (χ1n) is 7.09. The number of ether oxygens (including phenoxy) is 1. The second kappa shape index (κ2) is 7.36. The zero-order valence-corrected chi connectivity index (χ0v) is 13.9. The molecule has 0 spiro atoms. The third-order valence-electron chi connectivity index (χ3n) is 3.22. The van der Waals surface area contributed by atoms with Gasteiger partial charge in [0.1, 0.15) is 5.01 Å². The molecule has 1 atom stereocenters. The summed E-state index contributed by atoms with van der Waals surface area (Å²) in [5.41, 5.74) is 1.15. The number of rotatable bonds is 8. The van der Waals surface area contributed by atoms with Gasteiger partial charge in [0, 0.05) is 19.0 Å². The monoisotopic (exact) mass is 284 g/mol. The van der Waals surface area contributed by atoms with E-state index in [0.717, 1.165) is 19.6 Å². The Balaban J connectivity index is 2.87. The van der Waals surface area contributed by atoms with E-state index in [1.165, 1.54) is 10.7 Å². The molecule has 110 valence electrons. The molecule has 0 saturated carbocycles. The molecule has 0 radical (unpaired) electrons. The van der Waals surface area contributed by atoms with E-state index in [4.69, 9.17) is 9.72 Å². The number of nitrogens with zero attached hydrogens (tertiary/aromatic N) is 1. The Morgan fingerprint density at radius 1 is 1.37 bits per heavy atom. The summed E-state index contributed by atoms with van der Waals surface area (Å²) in [5.74, 6) is 1.12. The molecule has 4 heteroatoms. The van der Waals surface area contributed by atoms with E-state index in [-0.39, 0.29) is 5.54 Å². The van der Waals surface area contributed by atoms with Crippen molar-refractivity contribution in [2.24, 2.45) is 5.92 Å². The Bertz CT molecular complexity index is 376. The molecule has 0 aromatic carbocycles. The largest absolute Gasteiger partial charge is 0.383 e. The molecular weight excluding hydrogens is 256 g/mol. The first-order chi connectivity index (χ1) is 8.89. The molecule has 1 N–H and O–H groups in total. The Morgan fingerprint density at radius 2 is 2.05 bits per heavy atom. The fourth-order valence-electron chi connectivity index (χ4n) is 2.29. The van der Waals surface area contributed by atoms with E-state index in [1.54, 1.807) is 18.4 Å². The zero-order chi connectivity index (χ0) is 14.5. The van der Waals surface area contributed by atoms with E-state index >= 15 is 0 Å². The number of nitrogens with one attached hydrogen (secondary N) is 1. The third-order valence-corrected chi connectivity index (χ3v) is 4.35. The van der Waals surface area contributed by atoms with E-state index in [9.17, 15) is 0 Å². The highest BCUT2D eigenvalue weighted by Crippen LogP contribution is 2.32. The highest BCUT2D eigenvalue weighted by molar-refractivity contribution is 7.09. The van der Waals surface area contributed by atoms with Gasteiger partial charge >= 0.3 is 0 Å². The van der Waals surface area contributed by atoms with Gasteiger partial charge in [0.25, 0.3) is 0 Å². The lowest BCUT2D eigenvalue weighted by atomic mass is 9.91. The van der Waals surface area contributed by atoms with Crippen molar-refractivity contribution in [3.8, 4) is 0 Å². The molecule has 3 nitrogen and oxygen atoms in total. The van der Waals surface area contributed by atoms with Gasteiger partial charge in [-0.2, -0.15) is 0 Å². The van der Waals surface area contributed by atoms with Gasteiger partial charge in [0.2, 0.25) is 0 Å². The van der Waals surface area contributed by atoms with E-state index < -0.39 is 0 Å². The average Bonchev–Trinajstić information content (AvgIpc) is 2.78. The summed E-state index contributed by atoms with van der Waals surface area (Å²) in [6.07, 6.45) is 1.09. The van der Waals surface area contributed by atoms with Crippen LogP contribution in [0.25, 0.3) is 0 Å². The number of aromatic nitrogens is 1. The van der Waals surface area contributed by atoms with Crippen LogP contribution in [0.2, 0.25) is 0 Å². The van der Waals surface area contributed by atoms with Crippen LogP contribution < -0.4 is 5.32 Å². The molecule has 1 aromatic heterocycles. The fourth-order valence-corrected chi connectivity index (χ4v) is 3.42. The lowest BCUT2D eigenvalue weighted by molar-refractivity contribution is 0.180. The summed E-state index contributed by atoms with van der Waals surface area (Å²) in [4.78, 5) is 4.83. The minimum Gasteiger partial charge on any atom is -0.383 e. The van der Waals surface area contributed by atoms with Crippen molar-refractivity contribution in [2.75, 3.05) is 20.3 Å². The maximum atomic E-state index is 5.14. The highest BCUT2D eigenvalue weighted by Gasteiger charge is 2.30. The first kappa shape index (κ1) is 16.6. The van der Waals surface area contributed by atoms with Gasteiger partial charge in [-0.15, -0.1) is 11.3 Å². The van der Waals surface area contributed by atoms with Crippen LogP contribution in [0.1, 0.15) is 57.7 Å². The van der Waals surface area contributed by atoms with Gasteiger partial charge in [0.05, 0.1) is 17.8 Å². The minimum absolute atomic E-state index is 0.0511. The number of hydrogen-bond acceptors (Lipinski definition) is 4. The molecule has 1 heterocycles. The van der Waals surface area contributed by atoms with Gasteiger partial charge in [-0.1, -0.05) is 27.7 Å². The topological polar surface area (TPSA) is 34.1 Å². The molecule has 1 unspecified atom stereocenters. The Hall–Kier alpha value is -0.450. The second-order valence-electron chi connectivity index (χ2n) is 6.08. The SMILES string of the molecule is COCCNC(C)(CC(C)C)c1nc(C(C)C)cs1. The summed E-state index contributed by atoms with van der Waals surface area (Å²) >= 11 is 1.77. The van der Waals surface area contributed by atoms with Crippen LogP contribution in [0.4, 0.5) is 0 Å². The third kappa shape index (κ3) is 4.86. The molecule has 1 aromatic rings. The predicted octanol–water partition coefficient (Wildman–Crippen LogP) is 3.76. The molecule has 0 aliphatic carbocycles. The van der Waals surface area contributed by atoms with Gasteiger partial charge < -0.3 is 10.1 Å². The number of thiazole rings is 1. The average molecular weight is 284 g/mol. The standard InChI is InChI=1S/C15H28N2OS/c1-11(2)9-15(5,16-7-8-18-6)14-17-13(10-19-14)12(3)4/h10-12,16H,7-9H2,1-6H3. The first-order valence-corrected chi connectivity index (χ1v) is 7.97. The summed E-state index contributed by atoms with van der Waals surface area (Å²) in [6, 6.07) is 0. The normalized spacial score (nSPS) is 15.2. The minimum atomic E-state index is -0.0511. The van der Waals surface area contributed by atoms with Crippen molar-refractivity contribution in [1.29, 1.82) is 0 Å². The second-order valence-corrected chi connectivity index (χ2v) is 6.94. The molecule has 0 amide bonds. The molecule has 1 rings (SSSR count). The molecule has 0 bridgehead atoms.